The second kappa shape index (κ2) is 11.5. The van der Waals surface area contributed by atoms with Gasteiger partial charge in [-0.05, 0) is 36.4 Å². The van der Waals surface area contributed by atoms with Crippen LogP contribution in [0.5, 0.6) is 23.0 Å². The molecule has 1 amide bonds. The third-order valence-electron chi connectivity index (χ3n) is 6.08. The molecule has 0 bridgehead atoms. The van der Waals surface area contributed by atoms with Crippen molar-refractivity contribution in [3.05, 3.63) is 83.4 Å². The Morgan fingerprint density at radius 3 is 1.51 bits per heavy atom. The van der Waals surface area contributed by atoms with Gasteiger partial charge in [0.1, 0.15) is 13.1 Å². The first-order chi connectivity index (χ1) is 16.9. The molecular weight excluding hydrogens is 446 g/mol. The van der Waals surface area contributed by atoms with Gasteiger partial charge in [0, 0.05) is 16.7 Å². The summed E-state index contributed by atoms with van der Waals surface area (Å²) in [7, 11) is 6.28. The maximum Gasteiger partial charge on any atom is 0.311 e. The average molecular weight is 479 g/mol. The molecule has 0 radical (unpaired) electrons. The number of hydrogen-bond donors (Lipinski definition) is 0. The van der Waals surface area contributed by atoms with Crippen LogP contribution in [-0.2, 0) is 17.9 Å². The van der Waals surface area contributed by atoms with Crippen molar-refractivity contribution < 1.29 is 33.0 Å². The Kier molecular flexibility index (Phi) is 8.49. The number of carbonyl (C=O) groups is 2. The average Bonchev–Trinajstić information content (AvgIpc) is 2.88. The Labute approximate surface area is 206 Å². The van der Waals surface area contributed by atoms with E-state index in [0.717, 1.165) is 11.1 Å². The molecule has 0 unspecified atom stereocenters. The molecule has 0 heterocycles. The number of rotatable bonds is 11. The molecule has 0 fully saturated rings. The Morgan fingerprint density at radius 2 is 1.11 bits per heavy atom. The first-order valence-corrected chi connectivity index (χ1v) is 11.2. The van der Waals surface area contributed by atoms with Crippen molar-refractivity contribution in [3.8, 4) is 23.0 Å². The molecule has 0 saturated carbocycles. The van der Waals surface area contributed by atoms with Gasteiger partial charge in [0.25, 0.3) is 0 Å². The van der Waals surface area contributed by atoms with Gasteiger partial charge < -0.3 is 18.9 Å². The first-order valence-electron chi connectivity index (χ1n) is 11.2. The van der Waals surface area contributed by atoms with Gasteiger partial charge in [0.05, 0.1) is 35.4 Å². The van der Waals surface area contributed by atoms with Crippen molar-refractivity contribution in [1.29, 1.82) is 0 Å². The summed E-state index contributed by atoms with van der Waals surface area (Å²) in [6.07, 6.45) is 0. The summed E-state index contributed by atoms with van der Waals surface area (Å²) in [4.78, 5) is 26.6. The lowest BCUT2D eigenvalue weighted by Crippen LogP contribution is -2.53. The number of ether oxygens (including phenoxy) is 4. The summed E-state index contributed by atoms with van der Waals surface area (Å²) in [6.45, 7) is 2.12. The van der Waals surface area contributed by atoms with E-state index in [0.29, 0.717) is 41.7 Å². The van der Waals surface area contributed by atoms with Gasteiger partial charge in [-0.15, -0.1) is 0 Å². The molecule has 184 valence electrons. The fourth-order valence-electron chi connectivity index (χ4n) is 4.15. The Balaban J connectivity index is 2.06. The molecule has 3 rings (SSSR count). The Bertz CT molecular complexity index is 1120. The minimum atomic E-state index is -0.126. The van der Waals surface area contributed by atoms with Crippen molar-refractivity contribution in [2.24, 2.45) is 0 Å². The van der Waals surface area contributed by atoms with Crippen LogP contribution in [0.15, 0.2) is 66.7 Å². The lowest BCUT2D eigenvalue weighted by atomic mass is 10.0. The van der Waals surface area contributed by atoms with Crippen LogP contribution in [-0.4, -0.2) is 51.2 Å². The second-order valence-corrected chi connectivity index (χ2v) is 8.31. The molecule has 0 aliphatic carbocycles. The maximum atomic E-state index is 13.3. The number of methoxy groups -OCH3 is 4. The van der Waals surface area contributed by atoms with Crippen LogP contribution in [0, 0.1) is 0 Å². The molecule has 0 N–H and O–H groups in total. The number of benzene rings is 3. The van der Waals surface area contributed by atoms with E-state index in [1.807, 2.05) is 42.5 Å². The van der Waals surface area contributed by atoms with Crippen LogP contribution in [0.25, 0.3) is 0 Å². The van der Waals surface area contributed by atoms with E-state index in [-0.39, 0.29) is 22.7 Å². The molecule has 7 nitrogen and oxygen atoms in total. The fraction of sp³-hybridized carbons (Fsp3) is 0.286. The van der Waals surface area contributed by atoms with Crippen LogP contribution < -0.4 is 18.9 Å². The normalized spacial score (nSPS) is 11.0. The summed E-state index contributed by atoms with van der Waals surface area (Å²) in [5.74, 6) is 2.08. The number of nitrogens with zero attached hydrogens (tertiary/aromatic N) is 1. The van der Waals surface area contributed by atoms with E-state index in [4.69, 9.17) is 18.9 Å². The van der Waals surface area contributed by atoms with Crippen LogP contribution in [0.2, 0.25) is 0 Å². The SMILES string of the molecule is COc1ccc(C[N+](CC(=O)c2ccccc2)(Cc2ccc(OC)c(OC)c2)C(C)=O)cc1OC. The van der Waals surface area contributed by atoms with Crippen LogP contribution in [0.3, 0.4) is 0 Å². The monoisotopic (exact) mass is 478 g/mol. The van der Waals surface area contributed by atoms with E-state index in [1.165, 1.54) is 6.92 Å². The third kappa shape index (κ3) is 6.00. The van der Waals surface area contributed by atoms with E-state index < -0.39 is 0 Å². The van der Waals surface area contributed by atoms with Crippen LogP contribution in [0.4, 0.5) is 0 Å². The van der Waals surface area contributed by atoms with Gasteiger partial charge >= 0.3 is 5.91 Å². The zero-order valence-corrected chi connectivity index (χ0v) is 20.9. The topological polar surface area (TPSA) is 71.1 Å². The summed E-state index contributed by atoms with van der Waals surface area (Å²) in [5.41, 5.74) is 2.26. The summed E-state index contributed by atoms with van der Waals surface area (Å²) in [6, 6.07) is 20.1. The highest BCUT2D eigenvalue weighted by molar-refractivity contribution is 5.97. The number of amides is 1. The van der Waals surface area contributed by atoms with Gasteiger partial charge in [-0.2, -0.15) is 0 Å². The lowest BCUT2D eigenvalue weighted by Gasteiger charge is -2.35. The number of Topliss-reactive ketones (excluding diaryl/α,β-unsaturated/α-hetero) is 1. The molecule has 7 heteroatoms. The van der Waals surface area contributed by atoms with Crippen LogP contribution >= 0.6 is 0 Å². The number of hydrogen-bond acceptors (Lipinski definition) is 6. The molecule has 0 atom stereocenters. The van der Waals surface area contributed by atoms with Gasteiger partial charge in [-0.1, -0.05) is 30.3 Å². The highest BCUT2D eigenvalue weighted by atomic mass is 16.5. The first kappa shape index (κ1) is 25.8. The highest BCUT2D eigenvalue weighted by Gasteiger charge is 2.37. The molecule has 0 aliphatic rings. The van der Waals surface area contributed by atoms with Gasteiger partial charge in [0.15, 0.2) is 29.5 Å². The Hall–Kier alpha value is -3.84. The molecule has 0 saturated heterocycles. The summed E-state index contributed by atoms with van der Waals surface area (Å²) in [5, 5.41) is 0. The van der Waals surface area contributed by atoms with Crippen molar-refractivity contribution >= 4 is 11.7 Å². The van der Waals surface area contributed by atoms with Gasteiger partial charge in [-0.3, -0.25) is 4.79 Å². The minimum absolute atomic E-state index is 0.00202. The highest BCUT2D eigenvalue weighted by Crippen LogP contribution is 2.32. The second-order valence-electron chi connectivity index (χ2n) is 8.31. The zero-order valence-electron chi connectivity index (χ0n) is 20.9. The predicted octanol–water partition coefficient (Wildman–Crippen LogP) is 4.67. The fourth-order valence-corrected chi connectivity index (χ4v) is 4.15. The quantitative estimate of drug-likeness (QED) is 0.295. The molecule has 3 aromatic rings. The van der Waals surface area contributed by atoms with Crippen LogP contribution in [0.1, 0.15) is 28.4 Å². The van der Waals surface area contributed by atoms with Crippen molar-refractivity contribution in [2.45, 2.75) is 20.0 Å². The molecule has 35 heavy (non-hydrogen) atoms. The summed E-state index contributed by atoms with van der Waals surface area (Å²) >= 11 is 0. The zero-order chi connectivity index (χ0) is 25.4. The van der Waals surface area contributed by atoms with E-state index in [1.54, 1.807) is 52.7 Å². The number of ketones is 1. The standard InChI is InChI=1S/C28H32NO6/c1-20(30)29(19-24(31)23-9-7-6-8-10-23,17-21-11-13-25(32-2)27(15-21)34-4)18-22-12-14-26(33-3)28(16-22)35-5/h6-16H,17-19H2,1-5H3/q+1. The van der Waals surface area contributed by atoms with E-state index >= 15 is 0 Å². The molecule has 3 aromatic carbocycles. The summed E-state index contributed by atoms with van der Waals surface area (Å²) < 4.78 is 21.5. The van der Waals surface area contributed by atoms with Crippen molar-refractivity contribution in [3.63, 3.8) is 0 Å². The number of carbonyl (C=O) groups excluding carboxylic acids is 2. The van der Waals surface area contributed by atoms with Crippen molar-refractivity contribution in [2.75, 3.05) is 35.0 Å². The lowest BCUT2D eigenvalue weighted by molar-refractivity contribution is -0.872. The van der Waals surface area contributed by atoms with E-state index in [9.17, 15) is 9.59 Å². The maximum absolute atomic E-state index is 13.3. The number of quaternary nitrogens is 1. The van der Waals surface area contributed by atoms with Gasteiger partial charge in [-0.25, -0.2) is 9.28 Å². The smallest absolute Gasteiger partial charge is 0.311 e. The molecule has 0 aromatic heterocycles. The molecule has 0 aliphatic heterocycles. The van der Waals surface area contributed by atoms with Crippen molar-refractivity contribution in [1.82, 2.24) is 0 Å². The predicted molar refractivity (Wildman–Crippen MR) is 133 cm³/mol. The van der Waals surface area contributed by atoms with E-state index in [2.05, 4.69) is 0 Å². The molecular formula is C28H32NO6+. The minimum Gasteiger partial charge on any atom is -0.493 e. The van der Waals surface area contributed by atoms with Gasteiger partial charge in [0.2, 0.25) is 5.78 Å². The Morgan fingerprint density at radius 1 is 0.657 bits per heavy atom. The largest absolute Gasteiger partial charge is 0.493 e. The molecule has 0 spiro atoms. The third-order valence-corrected chi connectivity index (χ3v) is 6.08.